The van der Waals surface area contributed by atoms with Gasteiger partial charge in [-0.1, -0.05) is 23.2 Å². The average molecular weight is 303 g/mol. The summed E-state index contributed by atoms with van der Waals surface area (Å²) < 4.78 is 14.4. The second-order valence-electron chi connectivity index (χ2n) is 4.27. The van der Waals surface area contributed by atoms with E-state index < -0.39 is 0 Å². The monoisotopic (exact) mass is 302 g/mol. The largest absolute Gasteiger partial charge is 0.244 e. The summed E-state index contributed by atoms with van der Waals surface area (Å²) in [5.41, 5.74) is 2.36. The van der Waals surface area contributed by atoms with Crippen LogP contribution < -0.4 is 0 Å². The van der Waals surface area contributed by atoms with Crippen LogP contribution in [0.15, 0.2) is 24.5 Å². The maximum Gasteiger partial charge on any atom is 0.171 e. The van der Waals surface area contributed by atoms with Crippen molar-refractivity contribution in [3.8, 4) is 11.3 Å². The quantitative estimate of drug-likeness (QED) is 0.783. The van der Waals surface area contributed by atoms with Crippen molar-refractivity contribution in [1.29, 1.82) is 0 Å². The number of imidazole rings is 1. The highest BCUT2D eigenvalue weighted by Gasteiger charge is 2.31. The molecule has 2 aromatic rings. The molecule has 94 valence electrons. The van der Waals surface area contributed by atoms with Crippen LogP contribution in [0.1, 0.15) is 24.5 Å². The molecular formula is C12H9Cl2FN2S. The van der Waals surface area contributed by atoms with Gasteiger partial charge in [0.1, 0.15) is 6.33 Å². The number of rotatable bonds is 3. The fraction of sp³-hybridized carbons (Fsp3) is 0.250. The van der Waals surface area contributed by atoms with Gasteiger partial charge in [-0.15, -0.1) is 3.89 Å². The molecule has 0 N–H and O–H groups in total. The van der Waals surface area contributed by atoms with Crippen LogP contribution in [-0.2, 0) is 0 Å². The molecular weight excluding hydrogens is 294 g/mol. The molecule has 0 spiro atoms. The third-order valence-electron chi connectivity index (χ3n) is 2.99. The molecule has 1 saturated carbocycles. The third kappa shape index (κ3) is 2.13. The molecule has 1 fully saturated rings. The predicted molar refractivity (Wildman–Crippen MR) is 73.8 cm³/mol. The van der Waals surface area contributed by atoms with E-state index in [0.717, 1.165) is 29.8 Å². The molecule has 2 nitrogen and oxygen atoms in total. The molecule has 3 rings (SSSR count). The molecule has 1 aliphatic carbocycles. The van der Waals surface area contributed by atoms with Crippen molar-refractivity contribution < 1.29 is 3.89 Å². The highest BCUT2D eigenvalue weighted by atomic mass is 35.5. The first-order chi connectivity index (χ1) is 8.70. The summed E-state index contributed by atoms with van der Waals surface area (Å²) in [4.78, 5) is 4.30. The van der Waals surface area contributed by atoms with Gasteiger partial charge in [0.05, 0.1) is 16.4 Å². The molecule has 1 aromatic carbocycles. The van der Waals surface area contributed by atoms with E-state index >= 15 is 0 Å². The summed E-state index contributed by atoms with van der Waals surface area (Å²) in [5.74, 6) is 0.420. The van der Waals surface area contributed by atoms with Gasteiger partial charge < -0.3 is 0 Å². The minimum absolute atomic E-state index is 0.123. The maximum atomic E-state index is 13.0. The van der Waals surface area contributed by atoms with E-state index in [-0.39, 0.29) is 12.3 Å². The molecule has 0 bridgehead atoms. The van der Waals surface area contributed by atoms with Gasteiger partial charge in [0.2, 0.25) is 0 Å². The Morgan fingerprint density at radius 3 is 2.78 bits per heavy atom. The van der Waals surface area contributed by atoms with Crippen molar-refractivity contribution in [3.63, 3.8) is 0 Å². The summed E-state index contributed by atoms with van der Waals surface area (Å²) in [6, 6.07) is 5.18. The van der Waals surface area contributed by atoms with Gasteiger partial charge in [-0.05, 0) is 31.0 Å². The van der Waals surface area contributed by atoms with E-state index in [1.165, 1.54) is 10.3 Å². The summed E-state index contributed by atoms with van der Waals surface area (Å²) in [6.07, 6.45) is 3.68. The number of halogens is 3. The van der Waals surface area contributed by atoms with Crippen molar-refractivity contribution in [2.24, 2.45) is 0 Å². The average Bonchev–Trinajstić information content (AvgIpc) is 3.12. The van der Waals surface area contributed by atoms with Crippen LogP contribution in [0.25, 0.3) is 11.3 Å². The molecule has 0 atom stereocenters. The molecule has 0 amide bonds. The van der Waals surface area contributed by atoms with E-state index in [2.05, 4.69) is 4.98 Å². The van der Waals surface area contributed by atoms with Crippen LogP contribution >= 0.6 is 35.5 Å². The van der Waals surface area contributed by atoms with Gasteiger partial charge in [0.25, 0.3) is 0 Å². The number of hydrogen-bond donors (Lipinski definition) is 0. The SMILES string of the molecule is FSn1cnc(C2CC2)c1-c1cc(Cl)ccc1Cl. The molecule has 1 aromatic heterocycles. The highest BCUT2D eigenvalue weighted by Crippen LogP contribution is 2.46. The third-order valence-corrected chi connectivity index (χ3v) is 3.98. The number of aromatic nitrogens is 2. The summed E-state index contributed by atoms with van der Waals surface area (Å²) >= 11 is 12.3. The molecule has 0 radical (unpaired) electrons. The lowest BCUT2D eigenvalue weighted by atomic mass is 10.1. The van der Waals surface area contributed by atoms with E-state index in [0.29, 0.717) is 16.0 Å². The van der Waals surface area contributed by atoms with E-state index in [4.69, 9.17) is 23.2 Å². The summed E-state index contributed by atoms with van der Waals surface area (Å²) in [7, 11) is 0. The van der Waals surface area contributed by atoms with Crippen LogP contribution in [0.2, 0.25) is 10.0 Å². The van der Waals surface area contributed by atoms with Crippen LogP contribution in [0, 0.1) is 0 Å². The lowest BCUT2D eigenvalue weighted by Crippen LogP contribution is -1.92. The minimum Gasteiger partial charge on any atom is -0.244 e. The highest BCUT2D eigenvalue weighted by molar-refractivity contribution is 7.92. The maximum absolute atomic E-state index is 13.0. The van der Waals surface area contributed by atoms with Gasteiger partial charge in [-0.3, -0.25) is 0 Å². The Bertz CT molecular complexity index is 596. The molecule has 1 aliphatic rings. The minimum atomic E-state index is 0.123. The Labute approximate surface area is 119 Å². The number of hydrogen-bond acceptors (Lipinski definition) is 2. The van der Waals surface area contributed by atoms with Crippen molar-refractivity contribution in [2.45, 2.75) is 18.8 Å². The normalized spacial score (nSPS) is 15.1. The first-order valence-electron chi connectivity index (χ1n) is 5.52. The lowest BCUT2D eigenvalue weighted by molar-refractivity contribution is 0.916. The van der Waals surface area contributed by atoms with Crippen LogP contribution in [-0.4, -0.2) is 8.96 Å². The van der Waals surface area contributed by atoms with E-state index in [9.17, 15) is 3.89 Å². The molecule has 1 heterocycles. The fourth-order valence-corrected chi connectivity index (χ4v) is 2.71. The van der Waals surface area contributed by atoms with Crippen molar-refractivity contribution in [1.82, 2.24) is 8.96 Å². The van der Waals surface area contributed by atoms with Gasteiger partial charge in [0.15, 0.2) is 12.3 Å². The Hall–Kier alpha value is -0.710. The van der Waals surface area contributed by atoms with Gasteiger partial charge in [0, 0.05) is 16.5 Å². The standard InChI is InChI=1S/C12H9Cl2FN2S/c13-8-3-4-10(14)9(5-8)12-11(7-1-2-7)16-6-17(12)18-15/h3-7H,1-2H2. The zero-order valence-electron chi connectivity index (χ0n) is 9.24. The van der Waals surface area contributed by atoms with Crippen LogP contribution in [0.5, 0.6) is 0 Å². The predicted octanol–water partition coefficient (Wildman–Crippen LogP) is 5.12. The van der Waals surface area contributed by atoms with Gasteiger partial charge in [-0.2, -0.15) is 0 Å². The lowest BCUT2D eigenvalue weighted by Gasteiger charge is -2.08. The Balaban J connectivity index is 2.19. The number of nitrogens with zero attached hydrogens (tertiary/aromatic N) is 2. The first kappa shape index (κ1) is 12.3. The molecule has 18 heavy (non-hydrogen) atoms. The summed E-state index contributed by atoms with van der Waals surface area (Å²) in [6.45, 7) is 0. The van der Waals surface area contributed by atoms with Crippen molar-refractivity contribution in [3.05, 3.63) is 40.3 Å². The first-order valence-corrected chi connectivity index (χ1v) is 6.95. The van der Waals surface area contributed by atoms with E-state index in [1.807, 2.05) is 0 Å². The molecule has 0 saturated heterocycles. The van der Waals surface area contributed by atoms with Crippen molar-refractivity contribution >= 4 is 35.5 Å². The second-order valence-corrected chi connectivity index (χ2v) is 5.65. The molecule has 0 unspecified atom stereocenters. The smallest absolute Gasteiger partial charge is 0.171 e. The second kappa shape index (κ2) is 4.76. The van der Waals surface area contributed by atoms with Crippen LogP contribution in [0.3, 0.4) is 0 Å². The van der Waals surface area contributed by atoms with E-state index in [1.54, 1.807) is 18.2 Å². The molecule has 6 heteroatoms. The molecule has 0 aliphatic heterocycles. The van der Waals surface area contributed by atoms with Gasteiger partial charge >= 0.3 is 0 Å². The Morgan fingerprint density at radius 2 is 2.11 bits per heavy atom. The van der Waals surface area contributed by atoms with Gasteiger partial charge in [-0.25, -0.2) is 8.96 Å². The topological polar surface area (TPSA) is 17.8 Å². The fourth-order valence-electron chi connectivity index (χ4n) is 1.99. The van der Waals surface area contributed by atoms with Crippen LogP contribution in [0.4, 0.5) is 3.89 Å². The van der Waals surface area contributed by atoms with Crippen molar-refractivity contribution in [2.75, 3.05) is 0 Å². The Kier molecular flexibility index (Phi) is 3.26. The zero-order chi connectivity index (χ0) is 12.7. The summed E-state index contributed by atoms with van der Waals surface area (Å²) in [5, 5.41) is 1.13. The zero-order valence-corrected chi connectivity index (χ0v) is 11.6. The number of benzene rings is 1. The Morgan fingerprint density at radius 1 is 1.33 bits per heavy atom.